The number of halogens is 2. The largest absolute Gasteiger partial charge is 0.448 e. The molecule has 0 aliphatic carbocycles. The van der Waals surface area contributed by atoms with Crippen molar-refractivity contribution in [2.75, 3.05) is 12.4 Å². The third-order valence-electron chi connectivity index (χ3n) is 2.54. The predicted octanol–water partition coefficient (Wildman–Crippen LogP) is 3.56. The highest BCUT2D eigenvalue weighted by molar-refractivity contribution is 6.33. The fourth-order valence-electron chi connectivity index (χ4n) is 1.58. The Morgan fingerprint density at radius 3 is 2.68 bits per heavy atom. The normalized spacial score (nSPS) is 10.3. The summed E-state index contributed by atoms with van der Waals surface area (Å²) < 4.78 is 5.22. The molecule has 100 valence electrons. The maximum Gasteiger partial charge on any atom is 0.251 e. The SMILES string of the molecule is CNC(=O)c1ccc(Cl)c(NCc2ccc(Cl)o2)c1. The summed E-state index contributed by atoms with van der Waals surface area (Å²) in [6.07, 6.45) is 0. The standard InChI is InChI=1S/C13H12Cl2N2O2/c1-16-13(18)8-2-4-10(14)11(6-8)17-7-9-3-5-12(15)19-9/h2-6,17H,7H2,1H3,(H,16,18). The van der Waals surface area contributed by atoms with Crippen LogP contribution < -0.4 is 10.6 Å². The molecule has 0 saturated heterocycles. The molecule has 0 unspecified atom stereocenters. The van der Waals surface area contributed by atoms with Crippen LogP contribution in [0.25, 0.3) is 0 Å². The first-order chi connectivity index (χ1) is 9.10. The van der Waals surface area contributed by atoms with Crippen molar-refractivity contribution < 1.29 is 9.21 Å². The van der Waals surface area contributed by atoms with Crippen molar-refractivity contribution in [1.82, 2.24) is 5.32 Å². The lowest BCUT2D eigenvalue weighted by molar-refractivity contribution is 0.0963. The van der Waals surface area contributed by atoms with Crippen LogP contribution in [0.3, 0.4) is 0 Å². The van der Waals surface area contributed by atoms with Gasteiger partial charge in [0.1, 0.15) is 5.76 Å². The number of benzene rings is 1. The molecule has 0 bridgehead atoms. The highest BCUT2D eigenvalue weighted by Gasteiger charge is 2.08. The molecular weight excluding hydrogens is 287 g/mol. The number of carbonyl (C=O) groups is 1. The lowest BCUT2D eigenvalue weighted by atomic mass is 10.2. The number of hydrogen-bond acceptors (Lipinski definition) is 3. The van der Waals surface area contributed by atoms with E-state index in [9.17, 15) is 4.79 Å². The van der Waals surface area contributed by atoms with Crippen LogP contribution in [0.15, 0.2) is 34.7 Å². The fourth-order valence-corrected chi connectivity index (χ4v) is 1.92. The van der Waals surface area contributed by atoms with Crippen LogP contribution in [0, 0.1) is 0 Å². The Bertz CT molecular complexity index is 596. The number of furan rings is 1. The van der Waals surface area contributed by atoms with Gasteiger partial charge >= 0.3 is 0 Å². The summed E-state index contributed by atoms with van der Waals surface area (Å²) in [7, 11) is 1.58. The zero-order valence-electron chi connectivity index (χ0n) is 10.2. The Morgan fingerprint density at radius 1 is 1.26 bits per heavy atom. The monoisotopic (exact) mass is 298 g/mol. The van der Waals surface area contributed by atoms with Crippen molar-refractivity contribution in [2.24, 2.45) is 0 Å². The summed E-state index contributed by atoms with van der Waals surface area (Å²) in [6.45, 7) is 0.434. The zero-order chi connectivity index (χ0) is 13.8. The van der Waals surface area contributed by atoms with E-state index in [1.807, 2.05) is 0 Å². The highest BCUT2D eigenvalue weighted by Crippen LogP contribution is 2.24. The van der Waals surface area contributed by atoms with Crippen LogP contribution in [0.2, 0.25) is 10.2 Å². The number of amides is 1. The Balaban J connectivity index is 2.12. The van der Waals surface area contributed by atoms with E-state index in [2.05, 4.69) is 10.6 Å². The molecule has 0 radical (unpaired) electrons. The lowest BCUT2D eigenvalue weighted by Gasteiger charge is -2.09. The van der Waals surface area contributed by atoms with Gasteiger partial charge in [-0.05, 0) is 41.9 Å². The third-order valence-corrected chi connectivity index (χ3v) is 3.07. The second-order valence-electron chi connectivity index (χ2n) is 3.83. The number of rotatable bonds is 4. The van der Waals surface area contributed by atoms with E-state index in [0.717, 1.165) is 0 Å². The van der Waals surface area contributed by atoms with Crippen LogP contribution in [0.5, 0.6) is 0 Å². The smallest absolute Gasteiger partial charge is 0.251 e. The van der Waals surface area contributed by atoms with Crippen LogP contribution >= 0.6 is 23.2 Å². The zero-order valence-corrected chi connectivity index (χ0v) is 11.7. The lowest BCUT2D eigenvalue weighted by Crippen LogP contribution is -2.17. The van der Waals surface area contributed by atoms with Crippen molar-refractivity contribution in [3.63, 3.8) is 0 Å². The van der Waals surface area contributed by atoms with Crippen LogP contribution in [-0.2, 0) is 6.54 Å². The van der Waals surface area contributed by atoms with Gasteiger partial charge in [0.25, 0.3) is 5.91 Å². The summed E-state index contributed by atoms with van der Waals surface area (Å²) in [5, 5.41) is 6.52. The van der Waals surface area contributed by atoms with E-state index < -0.39 is 0 Å². The molecule has 0 atom stereocenters. The molecule has 0 fully saturated rings. The molecule has 2 aromatic rings. The molecule has 0 spiro atoms. The molecule has 0 aliphatic heterocycles. The van der Waals surface area contributed by atoms with Gasteiger partial charge in [-0.2, -0.15) is 0 Å². The topological polar surface area (TPSA) is 54.3 Å². The number of hydrogen-bond donors (Lipinski definition) is 2. The second-order valence-corrected chi connectivity index (χ2v) is 4.61. The number of anilines is 1. The molecule has 1 aromatic carbocycles. The van der Waals surface area contributed by atoms with E-state index in [0.29, 0.717) is 33.8 Å². The van der Waals surface area contributed by atoms with Crippen molar-refractivity contribution >= 4 is 34.8 Å². The number of nitrogens with one attached hydrogen (secondary N) is 2. The first kappa shape index (κ1) is 13.8. The van der Waals surface area contributed by atoms with Gasteiger partial charge < -0.3 is 15.1 Å². The molecule has 1 amide bonds. The molecule has 4 nitrogen and oxygen atoms in total. The maximum atomic E-state index is 11.5. The van der Waals surface area contributed by atoms with Crippen molar-refractivity contribution in [3.05, 3.63) is 51.9 Å². The molecule has 1 aromatic heterocycles. The van der Waals surface area contributed by atoms with Gasteiger partial charge in [0, 0.05) is 12.6 Å². The van der Waals surface area contributed by atoms with Crippen LogP contribution in [0.1, 0.15) is 16.1 Å². The second kappa shape index (κ2) is 5.99. The van der Waals surface area contributed by atoms with E-state index >= 15 is 0 Å². The van der Waals surface area contributed by atoms with Gasteiger partial charge in [0.15, 0.2) is 5.22 Å². The Labute approximate surface area is 120 Å². The molecule has 0 aliphatic rings. The molecular formula is C13H12Cl2N2O2. The fraction of sp³-hybridized carbons (Fsp3) is 0.154. The predicted molar refractivity (Wildman–Crippen MR) is 75.9 cm³/mol. The molecule has 2 rings (SSSR count). The third kappa shape index (κ3) is 3.43. The summed E-state index contributed by atoms with van der Waals surface area (Å²) in [6, 6.07) is 8.46. The summed E-state index contributed by atoms with van der Waals surface area (Å²) in [5.41, 5.74) is 1.20. The first-order valence-corrected chi connectivity index (χ1v) is 6.35. The molecule has 6 heteroatoms. The summed E-state index contributed by atoms with van der Waals surface area (Å²) in [4.78, 5) is 11.5. The quantitative estimate of drug-likeness (QED) is 0.907. The first-order valence-electron chi connectivity index (χ1n) is 5.60. The Hall–Kier alpha value is -1.65. The molecule has 19 heavy (non-hydrogen) atoms. The van der Waals surface area contributed by atoms with Crippen LogP contribution in [0.4, 0.5) is 5.69 Å². The Kier molecular flexibility index (Phi) is 4.35. The van der Waals surface area contributed by atoms with Gasteiger partial charge in [0.2, 0.25) is 0 Å². The minimum absolute atomic E-state index is 0.166. The molecule has 2 N–H and O–H groups in total. The minimum Gasteiger partial charge on any atom is -0.448 e. The number of carbonyl (C=O) groups excluding carboxylic acids is 1. The van der Waals surface area contributed by atoms with E-state index in [1.54, 1.807) is 37.4 Å². The maximum absolute atomic E-state index is 11.5. The van der Waals surface area contributed by atoms with Crippen molar-refractivity contribution in [1.29, 1.82) is 0 Å². The van der Waals surface area contributed by atoms with Gasteiger partial charge in [0.05, 0.1) is 17.3 Å². The van der Waals surface area contributed by atoms with Gasteiger partial charge in [-0.1, -0.05) is 11.6 Å². The Morgan fingerprint density at radius 2 is 2.05 bits per heavy atom. The molecule has 1 heterocycles. The van der Waals surface area contributed by atoms with E-state index in [1.165, 1.54) is 0 Å². The molecule has 0 saturated carbocycles. The van der Waals surface area contributed by atoms with Gasteiger partial charge in [-0.15, -0.1) is 0 Å². The highest BCUT2D eigenvalue weighted by atomic mass is 35.5. The van der Waals surface area contributed by atoms with Crippen molar-refractivity contribution in [2.45, 2.75) is 6.54 Å². The van der Waals surface area contributed by atoms with Gasteiger partial charge in [-0.3, -0.25) is 4.79 Å². The van der Waals surface area contributed by atoms with Gasteiger partial charge in [-0.25, -0.2) is 0 Å². The van der Waals surface area contributed by atoms with E-state index in [4.69, 9.17) is 27.6 Å². The van der Waals surface area contributed by atoms with Crippen LogP contribution in [-0.4, -0.2) is 13.0 Å². The summed E-state index contributed by atoms with van der Waals surface area (Å²) in [5.74, 6) is 0.521. The van der Waals surface area contributed by atoms with E-state index in [-0.39, 0.29) is 5.91 Å². The minimum atomic E-state index is -0.166. The average Bonchev–Trinajstić information content (AvgIpc) is 2.82. The summed E-state index contributed by atoms with van der Waals surface area (Å²) >= 11 is 11.8. The van der Waals surface area contributed by atoms with Crippen molar-refractivity contribution in [3.8, 4) is 0 Å². The average molecular weight is 299 g/mol.